The van der Waals surface area contributed by atoms with Gasteiger partial charge in [-0.2, -0.15) is 9.40 Å². The molecule has 1 fully saturated rings. The van der Waals surface area contributed by atoms with Gasteiger partial charge in [-0.1, -0.05) is 6.92 Å². The Balaban J connectivity index is 2.23. The van der Waals surface area contributed by atoms with E-state index in [9.17, 15) is 13.5 Å². The van der Waals surface area contributed by atoms with Gasteiger partial charge in [0.25, 0.3) is 0 Å². The van der Waals surface area contributed by atoms with Crippen molar-refractivity contribution in [1.29, 1.82) is 0 Å². The average molecular weight is 330 g/mol. The molecule has 0 bridgehead atoms. The van der Waals surface area contributed by atoms with E-state index in [1.165, 1.54) is 4.31 Å². The minimum Gasteiger partial charge on any atom is -0.396 e. The van der Waals surface area contributed by atoms with Crippen molar-refractivity contribution in [1.82, 2.24) is 19.4 Å². The van der Waals surface area contributed by atoms with Gasteiger partial charge in [-0.05, 0) is 33.4 Å². The number of aromatic nitrogens is 2. The van der Waals surface area contributed by atoms with E-state index in [2.05, 4.69) is 22.0 Å². The monoisotopic (exact) mass is 330 g/mol. The van der Waals surface area contributed by atoms with E-state index in [0.717, 1.165) is 13.1 Å². The Morgan fingerprint density at radius 2 is 2.00 bits per heavy atom. The highest BCUT2D eigenvalue weighted by Gasteiger charge is 2.40. The fourth-order valence-corrected chi connectivity index (χ4v) is 4.97. The topological polar surface area (TPSA) is 89.5 Å². The summed E-state index contributed by atoms with van der Waals surface area (Å²) >= 11 is 0. The van der Waals surface area contributed by atoms with Crippen molar-refractivity contribution >= 4 is 10.0 Å². The molecule has 0 aliphatic carbocycles. The molecule has 0 amide bonds. The molecule has 8 heteroatoms. The zero-order chi connectivity index (χ0) is 16.5. The molecule has 2 N–H and O–H groups in total. The van der Waals surface area contributed by atoms with Crippen LogP contribution in [-0.4, -0.2) is 72.8 Å². The fourth-order valence-electron chi connectivity index (χ4n) is 3.08. The number of aryl methyl sites for hydroxylation is 2. The fraction of sp³-hybridized carbons (Fsp3) is 0.786. The molecular weight excluding hydrogens is 304 g/mol. The molecule has 2 heterocycles. The summed E-state index contributed by atoms with van der Waals surface area (Å²) in [6.45, 7) is 7.99. The highest BCUT2D eigenvalue weighted by molar-refractivity contribution is 7.89. The van der Waals surface area contributed by atoms with E-state index in [-0.39, 0.29) is 23.3 Å². The summed E-state index contributed by atoms with van der Waals surface area (Å²) in [7, 11) is -1.56. The molecule has 2 rings (SSSR count). The van der Waals surface area contributed by atoms with Crippen LogP contribution < -0.4 is 0 Å². The number of sulfonamides is 1. The van der Waals surface area contributed by atoms with Crippen LogP contribution in [0.15, 0.2) is 4.90 Å². The number of hydrogen-bond acceptors (Lipinski definition) is 5. The zero-order valence-electron chi connectivity index (χ0n) is 13.7. The first-order chi connectivity index (χ1) is 10.3. The highest BCUT2D eigenvalue weighted by atomic mass is 32.2. The summed E-state index contributed by atoms with van der Waals surface area (Å²) in [5.41, 5.74) is 1.05. The smallest absolute Gasteiger partial charge is 0.246 e. The van der Waals surface area contributed by atoms with Crippen LogP contribution >= 0.6 is 0 Å². The number of aromatic amines is 1. The molecular formula is C14H26N4O3S. The Labute approximate surface area is 132 Å². The van der Waals surface area contributed by atoms with Crippen molar-refractivity contribution in [3.05, 3.63) is 11.4 Å². The van der Waals surface area contributed by atoms with Gasteiger partial charge in [0.2, 0.25) is 10.0 Å². The SMILES string of the molecule is CCN(C)C[C@@H]1CN(S(=O)(=O)c2c(C)n[nH]c2C)C[C@@H]1CO. The lowest BCUT2D eigenvalue weighted by Gasteiger charge is -2.22. The van der Waals surface area contributed by atoms with Gasteiger partial charge in [0.15, 0.2) is 0 Å². The first-order valence-electron chi connectivity index (χ1n) is 7.62. The van der Waals surface area contributed by atoms with E-state index in [0.29, 0.717) is 24.5 Å². The second-order valence-electron chi connectivity index (χ2n) is 6.14. The van der Waals surface area contributed by atoms with Crippen LogP contribution in [0.25, 0.3) is 0 Å². The second-order valence-corrected chi connectivity index (χ2v) is 8.02. The van der Waals surface area contributed by atoms with Gasteiger partial charge in [-0.3, -0.25) is 5.10 Å². The number of nitrogens with one attached hydrogen (secondary N) is 1. The van der Waals surface area contributed by atoms with E-state index in [1.807, 2.05) is 7.05 Å². The summed E-state index contributed by atoms with van der Waals surface area (Å²) in [6, 6.07) is 0. The van der Waals surface area contributed by atoms with E-state index >= 15 is 0 Å². The molecule has 0 unspecified atom stereocenters. The summed E-state index contributed by atoms with van der Waals surface area (Å²) < 4.78 is 27.2. The summed E-state index contributed by atoms with van der Waals surface area (Å²) in [6.07, 6.45) is 0. The molecule has 7 nitrogen and oxygen atoms in total. The molecule has 1 aromatic rings. The number of aliphatic hydroxyl groups is 1. The third-order valence-corrected chi connectivity index (χ3v) is 6.62. The van der Waals surface area contributed by atoms with Gasteiger partial charge in [0, 0.05) is 32.2 Å². The largest absolute Gasteiger partial charge is 0.396 e. The van der Waals surface area contributed by atoms with Crippen molar-refractivity contribution in [3.63, 3.8) is 0 Å². The average Bonchev–Trinajstić information content (AvgIpc) is 3.02. The number of nitrogens with zero attached hydrogens (tertiary/aromatic N) is 3. The summed E-state index contributed by atoms with van der Waals surface area (Å²) in [5.74, 6) is 0.133. The summed E-state index contributed by atoms with van der Waals surface area (Å²) in [4.78, 5) is 2.42. The van der Waals surface area contributed by atoms with Crippen molar-refractivity contribution < 1.29 is 13.5 Å². The Bertz CT molecular complexity index is 594. The van der Waals surface area contributed by atoms with E-state index in [1.54, 1.807) is 13.8 Å². The van der Waals surface area contributed by atoms with Gasteiger partial charge in [0.1, 0.15) is 4.90 Å². The number of rotatable bonds is 6. The molecule has 0 spiro atoms. The lowest BCUT2D eigenvalue weighted by atomic mass is 9.96. The number of hydrogen-bond donors (Lipinski definition) is 2. The second kappa shape index (κ2) is 6.66. The van der Waals surface area contributed by atoms with Gasteiger partial charge in [-0.15, -0.1) is 0 Å². The van der Waals surface area contributed by atoms with Crippen molar-refractivity contribution in [2.75, 3.05) is 39.8 Å². The van der Waals surface area contributed by atoms with Crippen molar-refractivity contribution in [3.8, 4) is 0 Å². The Hall–Kier alpha value is -0.960. The van der Waals surface area contributed by atoms with Crippen LogP contribution in [0.3, 0.4) is 0 Å². The maximum absolute atomic E-state index is 12.9. The molecule has 0 radical (unpaired) electrons. The quantitative estimate of drug-likeness (QED) is 0.778. The van der Waals surface area contributed by atoms with Gasteiger partial charge < -0.3 is 10.0 Å². The van der Waals surface area contributed by atoms with Crippen LogP contribution in [0.1, 0.15) is 18.3 Å². The predicted molar refractivity (Wildman–Crippen MR) is 84.1 cm³/mol. The lowest BCUT2D eigenvalue weighted by Crippen LogP contribution is -2.32. The highest BCUT2D eigenvalue weighted by Crippen LogP contribution is 2.30. The summed E-state index contributed by atoms with van der Waals surface area (Å²) in [5, 5.41) is 16.3. The zero-order valence-corrected chi connectivity index (χ0v) is 14.5. The first-order valence-corrected chi connectivity index (χ1v) is 9.06. The van der Waals surface area contributed by atoms with Crippen LogP contribution in [-0.2, 0) is 10.0 Å². The third kappa shape index (κ3) is 3.19. The number of H-pyrrole nitrogens is 1. The molecule has 126 valence electrons. The minimum atomic E-state index is -3.57. The molecule has 0 saturated carbocycles. The predicted octanol–water partition coefficient (Wildman–Crippen LogP) is 0.207. The molecule has 1 saturated heterocycles. The van der Waals surface area contributed by atoms with E-state index in [4.69, 9.17) is 0 Å². The molecule has 22 heavy (non-hydrogen) atoms. The molecule has 2 atom stereocenters. The minimum absolute atomic E-state index is 0.0115. The van der Waals surface area contributed by atoms with Gasteiger partial charge in [0.05, 0.1) is 11.4 Å². The molecule has 1 aliphatic heterocycles. The Morgan fingerprint density at radius 1 is 1.36 bits per heavy atom. The van der Waals surface area contributed by atoms with Crippen LogP contribution in [0, 0.1) is 25.7 Å². The lowest BCUT2D eigenvalue weighted by molar-refractivity contribution is 0.178. The maximum atomic E-state index is 12.9. The Morgan fingerprint density at radius 3 is 2.50 bits per heavy atom. The standard InChI is InChI=1S/C14H26N4O3S/c1-5-17(4)6-12-7-18(8-13(12)9-19)22(20,21)14-10(2)15-16-11(14)3/h12-13,19H,5-9H2,1-4H3,(H,15,16)/t12-,13-/m1/s1. The van der Waals surface area contributed by atoms with Crippen LogP contribution in [0.4, 0.5) is 0 Å². The number of aliphatic hydroxyl groups excluding tert-OH is 1. The third-order valence-electron chi connectivity index (χ3n) is 4.52. The van der Waals surface area contributed by atoms with Crippen LogP contribution in [0.2, 0.25) is 0 Å². The first kappa shape index (κ1) is 17.4. The van der Waals surface area contributed by atoms with Gasteiger partial charge >= 0.3 is 0 Å². The normalized spacial score (nSPS) is 23.5. The molecule has 1 aromatic heterocycles. The Kier molecular flexibility index (Phi) is 5.26. The van der Waals surface area contributed by atoms with Crippen LogP contribution in [0.5, 0.6) is 0 Å². The van der Waals surface area contributed by atoms with E-state index < -0.39 is 10.0 Å². The molecule has 0 aromatic carbocycles. The maximum Gasteiger partial charge on any atom is 0.246 e. The van der Waals surface area contributed by atoms with Crippen molar-refractivity contribution in [2.24, 2.45) is 11.8 Å². The molecule has 1 aliphatic rings. The van der Waals surface area contributed by atoms with Gasteiger partial charge in [-0.25, -0.2) is 8.42 Å². The van der Waals surface area contributed by atoms with Crippen molar-refractivity contribution in [2.45, 2.75) is 25.7 Å².